The molecule has 2 amide bonds. The Labute approximate surface area is 170 Å². The minimum Gasteiger partial charge on any atom is -0.455 e. The summed E-state index contributed by atoms with van der Waals surface area (Å²) in [5.74, 6) is -1.55. The Hall–Kier alpha value is -3.15. The summed E-state index contributed by atoms with van der Waals surface area (Å²) in [5.41, 5.74) is 3.76. The number of nitrogens with one attached hydrogen (secondary N) is 1. The number of nitrogens with zero attached hydrogens (tertiary/aromatic N) is 1. The summed E-state index contributed by atoms with van der Waals surface area (Å²) in [5, 5.41) is 2.73. The molecule has 0 aromatic heterocycles. The standard InChI is InChI=1S/C23H26N2O4/c1-15-9-16(2)11-20(10-15)24-21(26)14-29-23(28)19-12-22(27)25(13-19)17(3)18-7-5-4-6-8-18/h4-11,17,19H,12-14H2,1-3H3,(H,24,26)/t17-,19-/m0/s1. The molecule has 2 atom stereocenters. The molecule has 1 aliphatic rings. The maximum atomic E-state index is 12.4. The van der Waals surface area contributed by atoms with Gasteiger partial charge in [0, 0.05) is 18.7 Å². The van der Waals surface area contributed by atoms with Gasteiger partial charge in [0.1, 0.15) is 0 Å². The molecule has 0 spiro atoms. The topological polar surface area (TPSA) is 75.7 Å². The largest absolute Gasteiger partial charge is 0.455 e. The van der Waals surface area contributed by atoms with E-state index in [4.69, 9.17) is 4.74 Å². The molecule has 2 aromatic carbocycles. The average Bonchev–Trinajstić information content (AvgIpc) is 3.07. The quantitative estimate of drug-likeness (QED) is 0.762. The fourth-order valence-corrected chi connectivity index (χ4v) is 3.67. The van der Waals surface area contributed by atoms with Gasteiger partial charge in [0.2, 0.25) is 5.91 Å². The number of carbonyl (C=O) groups is 3. The molecule has 3 rings (SSSR count). The predicted octanol–water partition coefficient (Wildman–Crippen LogP) is 3.39. The smallest absolute Gasteiger partial charge is 0.311 e. The first kappa shape index (κ1) is 20.6. The third-order valence-corrected chi connectivity index (χ3v) is 5.09. The number of benzene rings is 2. The number of hydrogen-bond donors (Lipinski definition) is 1. The summed E-state index contributed by atoms with van der Waals surface area (Å²) in [6.07, 6.45) is 0.106. The van der Waals surface area contributed by atoms with Crippen molar-refractivity contribution in [1.82, 2.24) is 4.90 Å². The average molecular weight is 394 g/mol. The van der Waals surface area contributed by atoms with Gasteiger partial charge in [-0.3, -0.25) is 14.4 Å². The van der Waals surface area contributed by atoms with Gasteiger partial charge in [-0.25, -0.2) is 0 Å². The molecule has 0 saturated carbocycles. The van der Waals surface area contributed by atoms with Crippen molar-refractivity contribution in [3.05, 3.63) is 65.2 Å². The molecule has 6 heteroatoms. The molecule has 0 radical (unpaired) electrons. The summed E-state index contributed by atoms with van der Waals surface area (Å²) in [4.78, 5) is 38.6. The van der Waals surface area contributed by atoms with Gasteiger partial charge in [-0.1, -0.05) is 36.4 Å². The highest BCUT2D eigenvalue weighted by molar-refractivity contribution is 5.94. The zero-order valence-electron chi connectivity index (χ0n) is 17.0. The molecule has 1 heterocycles. The van der Waals surface area contributed by atoms with Crippen molar-refractivity contribution in [3.8, 4) is 0 Å². The summed E-state index contributed by atoms with van der Waals surface area (Å²) in [6, 6.07) is 15.3. The van der Waals surface area contributed by atoms with E-state index in [2.05, 4.69) is 5.32 Å². The monoisotopic (exact) mass is 394 g/mol. The summed E-state index contributed by atoms with van der Waals surface area (Å²) < 4.78 is 5.17. The Morgan fingerprint density at radius 2 is 1.79 bits per heavy atom. The molecule has 2 aromatic rings. The highest BCUT2D eigenvalue weighted by Gasteiger charge is 2.38. The van der Waals surface area contributed by atoms with Crippen LogP contribution in [0.3, 0.4) is 0 Å². The van der Waals surface area contributed by atoms with Gasteiger partial charge in [0.15, 0.2) is 6.61 Å². The van der Waals surface area contributed by atoms with E-state index in [0.29, 0.717) is 12.2 Å². The zero-order valence-corrected chi connectivity index (χ0v) is 17.0. The molecule has 152 valence electrons. The molecule has 1 aliphatic heterocycles. The lowest BCUT2D eigenvalue weighted by Crippen LogP contribution is -2.30. The maximum Gasteiger partial charge on any atom is 0.311 e. The van der Waals surface area contributed by atoms with Crippen LogP contribution in [0.15, 0.2) is 48.5 Å². The van der Waals surface area contributed by atoms with Gasteiger partial charge in [-0.15, -0.1) is 0 Å². The fraction of sp³-hybridized carbons (Fsp3) is 0.348. The summed E-state index contributed by atoms with van der Waals surface area (Å²) in [6.45, 7) is 5.76. The van der Waals surface area contributed by atoms with E-state index < -0.39 is 17.8 Å². The van der Waals surface area contributed by atoms with Gasteiger partial charge >= 0.3 is 5.97 Å². The third kappa shape index (κ3) is 5.22. The maximum absolute atomic E-state index is 12.4. The van der Waals surface area contributed by atoms with Crippen LogP contribution < -0.4 is 5.32 Å². The lowest BCUT2D eigenvalue weighted by Gasteiger charge is -2.25. The molecule has 0 unspecified atom stereocenters. The van der Waals surface area contributed by atoms with Crippen molar-refractivity contribution in [1.29, 1.82) is 0 Å². The molecule has 1 saturated heterocycles. The Bertz CT molecular complexity index is 890. The molecule has 6 nitrogen and oxygen atoms in total. The number of carbonyl (C=O) groups excluding carboxylic acids is 3. The molecule has 1 fully saturated rings. The predicted molar refractivity (Wildman–Crippen MR) is 110 cm³/mol. The van der Waals surface area contributed by atoms with Gasteiger partial charge in [-0.2, -0.15) is 0 Å². The van der Waals surface area contributed by atoms with Gasteiger partial charge in [-0.05, 0) is 49.6 Å². The number of anilines is 1. The molecular formula is C23H26N2O4. The van der Waals surface area contributed by atoms with E-state index >= 15 is 0 Å². The first-order valence-electron chi connectivity index (χ1n) is 9.72. The van der Waals surface area contributed by atoms with Crippen LogP contribution in [0.1, 0.15) is 36.1 Å². The number of hydrogen-bond acceptors (Lipinski definition) is 4. The van der Waals surface area contributed by atoms with Crippen molar-refractivity contribution >= 4 is 23.5 Å². The summed E-state index contributed by atoms with van der Waals surface area (Å²) >= 11 is 0. The Balaban J connectivity index is 1.52. The Kier molecular flexibility index (Phi) is 6.32. The lowest BCUT2D eigenvalue weighted by atomic mass is 10.1. The summed E-state index contributed by atoms with van der Waals surface area (Å²) in [7, 11) is 0. The first-order valence-corrected chi connectivity index (χ1v) is 9.72. The van der Waals surface area contributed by atoms with Crippen LogP contribution in [0.2, 0.25) is 0 Å². The normalized spacial score (nSPS) is 17.1. The zero-order chi connectivity index (χ0) is 21.0. The van der Waals surface area contributed by atoms with Crippen molar-refractivity contribution in [2.75, 3.05) is 18.5 Å². The van der Waals surface area contributed by atoms with Crippen LogP contribution in [0.4, 0.5) is 5.69 Å². The fourth-order valence-electron chi connectivity index (χ4n) is 3.67. The van der Waals surface area contributed by atoms with Crippen LogP contribution in [0, 0.1) is 19.8 Å². The van der Waals surface area contributed by atoms with Gasteiger partial charge in [0.05, 0.1) is 12.0 Å². The van der Waals surface area contributed by atoms with Crippen LogP contribution in [0.5, 0.6) is 0 Å². The van der Waals surface area contributed by atoms with Crippen molar-refractivity contribution in [2.45, 2.75) is 33.2 Å². The minimum absolute atomic E-state index is 0.0806. The van der Waals surface area contributed by atoms with Crippen molar-refractivity contribution in [3.63, 3.8) is 0 Å². The first-order chi connectivity index (χ1) is 13.8. The number of amides is 2. The molecule has 0 bridgehead atoms. The molecular weight excluding hydrogens is 368 g/mol. The molecule has 1 N–H and O–H groups in total. The molecule has 29 heavy (non-hydrogen) atoms. The van der Waals surface area contributed by atoms with Crippen molar-refractivity contribution < 1.29 is 19.1 Å². The second-order valence-corrected chi connectivity index (χ2v) is 7.57. The third-order valence-electron chi connectivity index (χ3n) is 5.09. The second-order valence-electron chi connectivity index (χ2n) is 7.57. The Morgan fingerprint density at radius 1 is 1.14 bits per heavy atom. The number of ether oxygens (including phenoxy) is 1. The van der Waals surface area contributed by atoms with E-state index in [1.807, 2.05) is 69.3 Å². The lowest BCUT2D eigenvalue weighted by molar-refractivity contribution is -0.151. The number of aryl methyl sites for hydroxylation is 2. The van der Waals surface area contributed by atoms with Crippen LogP contribution in [-0.4, -0.2) is 35.8 Å². The van der Waals surface area contributed by atoms with Crippen molar-refractivity contribution in [2.24, 2.45) is 5.92 Å². The van der Waals surface area contributed by atoms with E-state index in [9.17, 15) is 14.4 Å². The van der Waals surface area contributed by atoms with Gasteiger partial charge < -0.3 is 15.0 Å². The second kappa shape index (κ2) is 8.90. The highest BCUT2D eigenvalue weighted by Crippen LogP contribution is 2.29. The number of likely N-dealkylation sites (tertiary alicyclic amines) is 1. The molecule has 0 aliphatic carbocycles. The van der Waals surface area contributed by atoms with E-state index in [-0.39, 0.29) is 25.0 Å². The van der Waals surface area contributed by atoms with E-state index in [1.165, 1.54) is 0 Å². The van der Waals surface area contributed by atoms with E-state index in [1.54, 1.807) is 4.90 Å². The highest BCUT2D eigenvalue weighted by atomic mass is 16.5. The van der Waals surface area contributed by atoms with Crippen LogP contribution in [0.25, 0.3) is 0 Å². The number of rotatable bonds is 6. The number of esters is 1. The SMILES string of the molecule is Cc1cc(C)cc(NC(=O)COC(=O)[C@H]2CC(=O)N([C@@H](C)c3ccccc3)C2)c1. The Morgan fingerprint density at radius 3 is 2.45 bits per heavy atom. The van der Waals surface area contributed by atoms with Gasteiger partial charge in [0.25, 0.3) is 5.91 Å². The van der Waals surface area contributed by atoms with Crippen LogP contribution >= 0.6 is 0 Å². The van der Waals surface area contributed by atoms with Crippen LogP contribution in [-0.2, 0) is 19.1 Å². The van der Waals surface area contributed by atoms with E-state index in [0.717, 1.165) is 16.7 Å². The minimum atomic E-state index is -0.553.